The molecule has 1 aliphatic carbocycles. The highest BCUT2D eigenvalue weighted by Gasteiger charge is 2.15. The Labute approximate surface area is 102 Å². The van der Waals surface area contributed by atoms with E-state index in [0.717, 1.165) is 6.42 Å². The van der Waals surface area contributed by atoms with Crippen molar-refractivity contribution in [2.75, 3.05) is 0 Å². The standard InChI is InChI=1S/C15H20N2/c1-10(16)8-12-9-17-15-13-5-3-2-4-11(13)6-7-14(12)15/h6-7,9-10,17H,2-5,8,16H2,1H3. The van der Waals surface area contributed by atoms with Gasteiger partial charge in [-0.15, -0.1) is 0 Å². The van der Waals surface area contributed by atoms with Gasteiger partial charge < -0.3 is 10.7 Å². The molecular weight excluding hydrogens is 208 g/mol. The average molecular weight is 228 g/mol. The maximum atomic E-state index is 5.90. The van der Waals surface area contributed by atoms with Gasteiger partial charge in [0.1, 0.15) is 0 Å². The van der Waals surface area contributed by atoms with E-state index in [1.807, 2.05) is 0 Å². The SMILES string of the molecule is CC(N)Cc1c[nH]c2c3c(ccc12)CCCC3. The highest BCUT2D eigenvalue weighted by Crippen LogP contribution is 2.30. The second kappa shape index (κ2) is 4.19. The first-order valence-electron chi connectivity index (χ1n) is 6.62. The summed E-state index contributed by atoms with van der Waals surface area (Å²) in [6, 6.07) is 4.81. The van der Waals surface area contributed by atoms with Crippen molar-refractivity contribution in [3.8, 4) is 0 Å². The van der Waals surface area contributed by atoms with Crippen LogP contribution in [0.5, 0.6) is 0 Å². The summed E-state index contributed by atoms with van der Waals surface area (Å²) in [5.41, 5.74) is 11.7. The van der Waals surface area contributed by atoms with Crippen LogP contribution in [0.4, 0.5) is 0 Å². The summed E-state index contributed by atoms with van der Waals surface area (Å²) in [6.45, 7) is 2.07. The molecule has 0 aliphatic heterocycles. The van der Waals surface area contributed by atoms with Crippen molar-refractivity contribution in [2.24, 2.45) is 5.73 Å². The predicted molar refractivity (Wildman–Crippen MR) is 72.3 cm³/mol. The van der Waals surface area contributed by atoms with Gasteiger partial charge in [-0.3, -0.25) is 0 Å². The molecule has 0 fully saturated rings. The van der Waals surface area contributed by atoms with Gasteiger partial charge >= 0.3 is 0 Å². The minimum absolute atomic E-state index is 0.227. The number of aryl methyl sites for hydroxylation is 2. The van der Waals surface area contributed by atoms with Crippen LogP contribution in [-0.4, -0.2) is 11.0 Å². The van der Waals surface area contributed by atoms with E-state index in [2.05, 4.69) is 30.2 Å². The number of hydrogen-bond acceptors (Lipinski definition) is 1. The summed E-state index contributed by atoms with van der Waals surface area (Å²) in [6.07, 6.45) is 8.24. The van der Waals surface area contributed by atoms with Crippen LogP contribution in [0.3, 0.4) is 0 Å². The van der Waals surface area contributed by atoms with Gasteiger partial charge in [0.05, 0.1) is 0 Å². The zero-order valence-electron chi connectivity index (χ0n) is 10.4. The van der Waals surface area contributed by atoms with E-state index in [4.69, 9.17) is 5.73 Å². The van der Waals surface area contributed by atoms with Gasteiger partial charge in [0.15, 0.2) is 0 Å². The highest BCUT2D eigenvalue weighted by atomic mass is 14.7. The molecule has 3 N–H and O–H groups in total. The van der Waals surface area contributed by atoms with Crippen molar-refractivity contribution < 1.29 is 0 Å². The molecule has 90 valence electrons. The topological polar surface area (TPSA) is 41.8 Å². The predicted octanol–water partition coefficient (Wildman–Crippen LogP) is 2.94. The fourth-order valence-electron chi connectivity index (χ4n) is 3.01. The minimum atomic E-state index is 0.227. The molecule has 0 spiro atoms. The molecule has 1 aromatic heterocycles. The maximum Gasteiger partial charge on any atom is 0.0492 e. The summed E-state index contributed by atoms with van der Waals surface area (Å²) < 4.78 is 0. The van der Waals surface area contributed by atoms with E-state index in [0.29, 0.717) is 0 Å². The van der Waals surface area contributed by atoms with Gasteiger partial charge in [-0.05, 0) is 55.7 Å². The van der Waals surface area contributed by atoms with Crippen molar-refractivity contribution in [1.29, 1.82) is 0 Å². The molecule has 0 saturated carbocycles. The lowest BCUT2D eigenvalue weighted by Gasteiger charge is -2.16. The van der Waals surface area contributed by atoms with E-state index < -0.39 is 0 Å². The molecule has 17 heavy (non-hydrogen) atoms. The Balaban J connectivity index is 2.12. The third-order valence-electron chi connectivity index (χ3n) is 3.81. The van der Waals surface area contributed by atoms with Crippen LogP contribution in [0.1, 0.15) is 36.5 Å². The molecule has 0 saturated heterocycles. The lowest BCUT2D eigenvalue weighted by molar-refractivity contribution is 0.689. The quantitative estimate of drug-likeness (QED) is 0.815. The number of nitrogens with two attached hydrogens (primary N) is 1. The lowest BCUT2D eigenvalue weighted by Crippen LogP contribution is -2.17. The van der Waals surface area contributed by atoms with Crippen LogP contribution in [0.25, 0.3) is 10.9 Å². The smallest absolute Gasteiger partial charge is 0.0492 e. The number of rotatable bonds is 2. The Morgan fingerprint density at radius 1 is 1.29 bits per heavy atom. The summed E-state index contributed by atoms with van der Waals surface area (Å²) in [5, 5.41) is 1.38. The molecule has 1 unspecified atom stereocenters. The molecule has 0 radical (unpaired) electrons. The Hall–Kier alpha value is -1.28. The molecule has 1 heterocycles. The van der Waals surface area contributed by atoms with Gasteiger partial charge in [0.2, 0.25) is 0 Å². The van der Waals surface area contributed by atoms with Crippen LogP contribution in [0.2, 0.25) is 0 Å². The Bertz CT molecular complexity index is 537. The van der Waals surface area contributed by atoms with Gasteiger partial charge in [0, 0.05) is 23.1 Å². The Morgan fingerprint density at radius 3 is 2.94 bits per heavy atom. The van der Waals surface area contributed by atoms with E-state index in [9.17, 15) is 0 Å². The molecule has 1 atom stereocenters. The van der Waals surface area contributed by atoms with Crippen molar-refractivity contribution in [1.82, 2.24) is 4.98 Å². The zero-order chi connectivity index (χ0) is 11.8. The number of H-pyrrole nitrogens is 1. The molecule has 0 amide bonds. The number of benzene rings is 1. The van der Waals surface area contributed by atoms with Crippen LogP contribution < -0.4 is 5.73 Å². The maximum absolute atomic E-state index is 5.90. The summed E-state index contributed by atoms with van der Waals surface area (Å²) >= 11 is 0. The molecule has 0 bridgehead atoms. The molecular formula is C15H20N2. The summed E-state index contributed by atoms with van der Waals surface area (Å²) in [5.74, 6) is 0. The fourth-order valence-corrected chi connectivity index (χ4v) is 3.01. The van der Waals surface area contributed by atoms with Crippen molar-refractivity contribution in [3.63, 3.8) is 0 Å². The van der Waals surface area contributed by atoms with Crippen LogP contribution in [0.15, 0.2) is 18.3 Å². The first-order valence-corrected chi connectivity index (χ1v) is 6.62. The van der Waals surface area contributed by atoms with Gasteiger partial charge in [0.25, 0.3) is 0 Å². The molecule has 2 aromatic rings. The number of nitrogens with one attached hydrogen (secondary N) is 1. The molecule has 1 aliphatic rings. The van der Waals surface area contributed by atoms with Crippen molar-refractivity contribution in [3.05, 3.63) is 35.0 Å². The third-order valence-corrected chi connectivity index (χ3v) is 3.81. The van der Waals surface area contributed by atoms with Gasteiger partial charge in [-0.25, -0.2) is 0 Å². The lowest BCUT2D eigenvalue weighted by atomic mass is 9.89. The molecule has 3 rings (SSSR count). The zero-order valence-corrected chi connectivity index (χ0v) is 10.4. The fraction of sp³-hybridized carbons (Fsp3) is 0.467. The van der Waals surface area contributed by atoms with Crippen LogP contribution in [0, 0.1) is 0 Å². The van der Waals surface area contributed by atoms with Crippen molar-refractivity contribution in [2.45, 2.75) is 45.1 Å². The van der Waals surface area contributed by atoms with Crippen molar-refractivity contribution >= 4 is 10.9 Å². The van der Waals surface area contributed by atoms with E-state index in [1.54, 1.807) is 5.56 Å². The number of fused-ring (bicyclic) bond motifs is 3. The van der Waals surface area contributed by atoms with E-state index in [1.165, 1.54) is 47.7 Å². The second-order valence-corrected chi connectivity index (χ2v) is 5.33. The van der Waals surface area contributed by atoms with Gasteiger partial charge in [-0.1, -0.05) is 12.1 Å². The monoisotopic (exact) mass is 228 g/mol. The number of aromatic nitrogens is 1. The molecule has 2 heteroatoms. The third kappa shape index (κ3) is 1.87. The Morgan fingerprint density at radius 2 is 2.12 bits per heavy atom. The first-order chi connectivity index (χ1) is 8.25. The number of hydrogen-bond donors (Lipinski definition) is 2. The van der Waals surface area contributed by atoms with Crippen LogP contribution >= 0.6 is 0 Å². The minimum Gasteiger partial charge on any atom is -0.361 e. The first kappa shape index (κ1) is 10.8. The molecule has 2 nitrogen and oxygen atoms in total. The highest BCUT2D eigenvalue weighted by molar-refractivity contribution is 5.87. The summed E-state index contributed by atoms with van der Waals surface area (Å²) in [7, 11) is 0. The van der Waals surface area contributed by atoms with Crippen LogP contribution in [-0.2, 0) is 19.3 Å². The van der Waals surface area contributed by atoms with E-state index >= 15 is 0 Å². The van der Waals surface area contributed by atoms with Gasteiger partial charge in [-0.2, -0.15) is 0 Å². The second-order valence-electron chi connectivity index (χ2n) is 5.33. The average Bonchev–Trinajstić information content (AvgIpc) is 2.72. The van der Waals surface area contributed by atoms with E-state index in [-0.39, 0.29) is 6.04 Å². The molecule has 1 aromatic carbocycles. The summed E-state index contributed by atoms with van der Waals surface area (Å²) in [4.78, 5) is 3.47. The normalized spacial score (nSPS) is 17.1. The number of aromatic amines is 1. The largest absolute Gasteiger partial charge is 0.361 e. The Kier molecular flexibility index (Phi) is 2.67.